The second-order valence-corrected chi connectivity index (χ2v) is 4.28. The van der Waals surface area contributed by atoms with E-state index in [1.807, 2.05) is 13.8 Å². The van der Waals surface area contributed by atoms with Crippen LogP contribution in [-0.4, -0.2) is 15.7 Å². The Kier molecular flexibility index (Phi) is 4.00. The van der Waals surface area contributed by atoms with Crippen molar-refractivity contribution in [1.82, 2.24) is 9.97 Å². The molecule has 0 saturated heterocycles. The predicted molar refractivity (Wildman–Crippen MR) is 57.5 cm³/mol. The molecule has 13 heavy (non-hydrogen) atoms. The van der Waals surface area contributed by atoms with E-state index in [0.29, 0.717) is 5.15 Å². The Labute approximate surface area is 88.1 Å². The highest BCUT2D eigenvalue weighted by atomic mass is 35.5. The number of rotatable bonds is 3. The van der Waals surface area contributed by atoms with E-state index in [2.05, 4.69) is 16.9 Å². The zero-order valence-electron chi connectivity index (χ0n) is 8.09. The molecule has 0 fully saturated rings. The van der Waals surface area contributed by atoms with Gasteiger partial charge in [0.2, 0.25) is 0 Å². The van der Waals surface area contributed by atoms with Crippen molar-refractivity contribution in [2.45, 2.75) is 32.3 Å². The first kappa shape index (κ1) is 10.8. The van der Waals surface area contributed by atoms with Crippen LogP contribution in [0.4, 0.5) is 0 Å². The first-order chi connectivity index (χ1) is 6.15. The van der Waals surface area contributed by atoms with Crippen LogP contribution in [0.5, 0.6) is 0 Å². The zero-order chi connectivity index (χ0) is 9.84. The largest absolute Gasteiger partial charge is 0.228 e. The van der Waals surface area contributed by atoms with Gasteiger partial charge in [-0.15, -0.1) is 0 Å². The number of hydrogen-bond acceptors (Lipinski definition) is 3. The number of thioether (sulfide) groups is 1. The molecular formula is C9H13ClN2S. The first-order valence-corrected chi connectivity index (χ1v) is 5.65. The van der Waals surface area contributed by atoms with Gasteiger partial charge in [-0.3, -0.25) is 0 Å². The summed E-state index contributed by atoms with van der Waals surface area (Å²) in [6.45, 7) is 6.03. The first-order valence-electron chi connectivity index (χ1n) is 4.28. The second-order valence-electron chi connectivity index (χ2n) is 2.86. The molecule has 0 aliphatic heterocycles. The lowest BCUT2D eigenvalue weighted by atomic mass is 10.3. The maximum atomic E-state index is 5.93. The minimum Gasteiger partial charge on any atom is -0.228 e. The average molecular weight is 217 g/mol. The van der Waals surface area contributed by atoms with E-state index in [4.69, 9.17) is 11.6 Å². The van der Waals surface area contributed by atoms with Crippen LogP contribution < -0.4 is 0 Å². The Morgan fingerprint density at radius 3 is 2.54 bits per heavy atom. The topological polar surface area (TPSA) is 25.8 Å². The maximum Gasteiger partial charge on any atom is 0.189 e. The molecule has 1 aromatic heterocycles. The summed E-state index contributed by atoms with van der Waals surface area (Å²) in [5.41, 5.74) is 1.95. The normalized spacial score (nSPS) is 10.5. The third-order valence-corrected chi connectivity index (χ3v) is 3.17. The van der Waals surface area contributed by atoms with Gasteiger partial charge in [0.15, 0.2) is 5.16 Å². The molecule has 0 aliphatic carbocycles. The SMILES string of the molecule is CCCSc1nc(C)c(C)c(Cl)n1. The summed E-state index contributed by atoms with van der Waals surface area (Å²) in [5, 5.41) is 1.36. The van der Waals surface area contributed by atoms with E-state index in [1.165, 1.54) is 0 Å². The minimum atomic E-state index is 0.575. The van der Waals surface area contributed by atoms with E-state index in [9.17, 15) is 0 Å². The van der Waals surface area contributed by atoms with Gasteiger partial charge < -0.3 is 0 Å². The van der Waals surface area contributed by atoms with Crippen LogP contribution >= 0.6 is 23.4 Å². The third-order valence-electron chi connectivity index (χ3n) is 1.74. The molecule has 4 heteroatoms. The van der Waals surface area contributed by atoms with Gasteiger partial charge in [-0.1, -0.05) is 30.3 Å². The molecule has 0 amide bonds. The fourth-order valence-corrected chi connectivity index (χ4v) is 1.84. The zero-order valence-corrected chi connectivity index (χ0v) is 9.67. The number of aryl methyl sites for hydroxylation is 1. The molecule has 0 N–H and O–H groups in total. The molecule has 0 spiro atoms. The lowest BCUT2D eigenvalue weighted by Crippen LogP contribution is -1.95. The molecule has 1 rings (SSSR count). The molecule has 1 aromatic rings. The summed E-state index contributed by atoms with van der Waals surface area (Å²) in [4.78, 5) is 8.53. The molecule has 0 bridgehead atoms. The lowest BCUT2D eigenvalue weighted by molar-refractivity contribution is 0.911. The van der Waals surface area contributed by atoms with Gasteiger partial charge in [0.05, 0.1) is 0 Å². The van der Waals surface area contributed by atoms with Gasteiger partial charge >= 0.3 is 0 Å². The minimum absolute atomic E-state index is 0.575. The van der Waals surface area contributed by atoms with Gasteiger partial charge in [0.1, 0.15) is 5.15 Å². The van der Waals surface area contributed by atoms with Gasteiger partial charge in [-0.25, -0.2) is 9.97 Å². The van der Waals surface area contributed by atoms with Crippen LogP contribution in [-0.2, 0) is 0 Å². The third kappa shape index (κ3) is 2.85. The number of nitrogens with zero attached hydrogens (tertiary/aromatic N) is 2. The molecule has 0 saturated carbocycles. The number of hydrogen-bond donors (Lipinski definition) is 0. The molecule has 0 aliphatic rings. The summed E-state index contributed by atoms with van der Waals surface area (Å²) in [5.74, 6) is 1.04. The molecule has 72 valence electrons. The van der Waals surface area contributed by atoms with Crippen molar-refractivity contribution in [2.24, 2.45) is 0 Å². The van der Waals surface area contributed by atoms with Crippen LogP contribution in [0, 0.1) is 13.8 Å². The van der Waals surface area contributed by atoms with Crippen molar-refractivity contribution >= 4 is 23.4 Å². The van der Waals surface area contributed by atoms with Crippen molar-refractivity contribution in [3.8, 4) is 0 Å². The van der Waals surface area contributed by atoms with Crippen LogP contribution in [0.2, 0.25) is 5.15 Å². The Morgan fingerprint density at radius 2 is 2.00 bits per heavy atom. The van der Waals surface area contributed by atoms with Crippen molar-refractivity contribution in [3.05, 3.63) is 16.4 Å². The smallest absolute Gasteiger partial charge is 0.189 e. The monoisotopic (exact) mass is 216 g/mol. The summed E-state index contributed by atoms with van der Waals surface area (Å²) in [7, 11) is 0. The second kappa shape index (κ2) is 4.82. The van der Waals surface area contributed by atoms with Gasteiger partial charge in [-0.2, -0.15) is 0 Å². The number of aromatic nitrogens is 2. The standard InChI is InChI=1S/C9H13ClN2S/c1-4-5-13-9-11-7(3)6(2)8(10)12-9/h4-5H2,1-3H3. The Balaban J connectivity index is 2.86. The summed E-state index contributed by atoms with van der Waals surface area (Å²) >= 11 is 7.58. The predicted octanol–water partition coefficient (Wildman–Crippen LogP) is 3.25. The van der Waals surface area contributed by atoms with E-state index in [1.54, 1.807) is 11.8 Å². The molecular weight excluding hydrogens is 204 g/mol. The highest BCUT2D eigenvalue weighted by Gasteiger charge is 2.05. The Morgan fingerprint density at radius 1 is 1.31 bits per heavy atom. The highest BCUT2D eigenvalue weighted by Crippen LogP contribution is 2.20. The Hall–Kier alpha value is -0.280. The van der Waals surface area contributed by atoms with E-state index >= 15 is 0 Å². The summed E-state index contributed by atoms with van der Waals surface area (Å²) in [6.07, 6.45) is 1.12. The highest BCUT2D eigenvalue weighted by molar-refractivity contribution is 7.99. The number of halogens is 1. The van der Waals surface area contributed by atoms with E-state index in [-0.39, 0.29) is 0 Å². The molecule has 0 unspecified atom stereocenters. The maximum absolute atomic E-state index is 5.93. The van der Waals surface area contributed by atoms with Crippen LogP contribution in [0.1, 0.15) is 24.6 Å². The van der Waals surface area contributed by atoms with E-state index in [0.717, 1.165) is 28.6 Å². The molecule has 1 heterocycles. The van der Waals surface area contributed by atoms with Gasteiger partial charge in [-0.05, 0) is 20.3 Å². The fraction of sp³-hybridized carbons (Fsp3) is 0.556. The van der Waals surface area contributed by atoms with Crippen molar-refractivity contribution in [1.29, 1.82) is 0 Å². The summed E-state index contributed by atoms with van der Waals surface area (Å²) < 4.78 is 0. The fourth-order valence-electron chi connectivity index (χ4n) is 0.827. The van der Waals surface area contributed by atoms with Crippen molar-refractivity contribution in [3.63, 3.8) is 0 Å². The van der Waals surface area contributed by atoms with Crippen molar-refractivity contribution < 1.29 is 0 Å². The van der Waals surface area contributed by atoms with Crippen LogP contribution in [0.15, 0.2) is 5.16 Å². The lowest BCUT2D eigenvalue weighted by Gasteiger charge is -2.04. The molecule has 2 nitrogen and oxygen atoms in total. The molecule has 0 atom stereocenters. The van der Waals surface area contributed by atoms with Gasteiger partial charge in [0.25, 0.3) is 0 Å². The van der Waals surface area contributed by atoms with Crippen LogP contribution in [0.25, 0.3) is 0 Å². The van der Waals surface area contributed by atoms with Gasteiger partial charge in [0, 0.05) is 17.0 Å². The quantitative estimate of drug-likeness (QED) is 0.441. The Bertz CT molecular complexity index is 279. The van der Waals surface area contributed by atoms with Crippen LogP contribution in [0.3, 0.4) is 0 Å². The summed E-state index contributed by atoms with van der Waals surface area (Å²) in [6, 6.07) is 0. The van der Waals surface area contributed by atoms with Crippen molar-refractivity contribution in [2.75, 3.05) is 5.75 Å². The van der Waals surface area contributed by atoms with E-state index < -0.39 is 0 Å². The molecule has 0 radical (unpaired) electrons. The average Bonchev–Trinajstić information content (AvgIpc) is 2.10. The molecule has 0 aromatic carbocycles.